The van der Waals surface area contributed by atoms with Crippen LogP contribution in [0.5, 0.6) is 0 Å². The zero-order chi connectivity index (χ0) is 48.3. The van der Waals surface area contributed by atoms with Crippen LogP contribution in [0.15, 0.2) is 42.9 Å². The molecule has 0 unspecified atom stereocenters. The van der Waals surface area contributed by atoms with Crippen LogP contribution in [0.1, 0.15) is 124 Å². The fraction of sp³-hybridized carbons (Fsp3) is 0.574. The number of ether oxygens (including phenoxy) is 1. The van der Waals surface area contributed by atoms with E-state index in [-0.39, 0.29) is 53.8 Å². The minimum atomic E-state index is -2.90. The highest BCUT2D eigenvalue weighted by atomic mass is 35.5. The summed E-state index contributed by atoms with van der Waals surface area (Å²) >= 11 is 6.40. The Balaban J connectivity index is 0.794. The number of likely N-dealkylation sites (tertiary alicyclic amines) is 1. The van der Waals surface area contributed by atoms with Gasteiger partial charge in [-0.15, -0.1) is 0 Å². The van der Waals surface area contributed by atoms with Crippen molar-refractivity contribution in [1.29, 1.82) is 0 Å². The summed E-state index contributed by atoms with van der Waals surface area (Å²) in [6, 6.07) is 5.90. The van der Waals surface area contributed by atoms with Gasteiger partial charge in [-0.1, -0.05) is 11.6 Å². The summed E-state index contributed by atoms with van der Waals surface area (Å²) in [7, 11) is 2.13. The van der Waals surface area contributed by atoms with Crippen molar-refractivity contribution >= 4 is 64.3 Å². The maximum absolute atomic E-state index is 14.4. The number of hydrogen-bond donors (Lipinski definition) is 3. The van der Waals surface area contributed by atoms with Gasteiger partial charge in [-0.3, -0.25) is 29.3 Å². The summed E-state index contributed by atoms with van der Waals surface area (Å²) in [5.41, 5.74) is 0.0941. The summed E-state index contributed by atoms with van der Waals surface area (Å²) in [6.45, 7) is 9.93. The van der Waals surface area contributed by atoms with E-state index in [4.69, 9.17) is 21.3 Å². The maximum Gasteiger partial charge on any atom is 0.407 e. The van der Waals surface area contributed by atoms with Gasteiger partial charge in [0.1, 0.15) is 17.0 Å². The van der Waals surface area contributed by atoms with Crippen molar-refractivity contribution in [2.45, 2.75) is 109 Å². The molecular formula is C47H61ClF2N12O6. The molecule has 3 aromatic heterocycles. The molecule has 0 spiro atoms. The number of carbonyl (C=O) groups excluding carboxylic acids is 5. The number of alkyl carbamates (subject to hydrolysis) is 1. The van der Waals surface area contributed by atoms with Crippen LogP contribution in [0.25, 0.3) is 5.65 Å². The second-order valence-electron chi connectivity index (χ2n) is 19.6. The van der Waals surface area contributed by atoms with Gasteiger partial charge >= 0.3 is 12.1 Å². The fourth-order valence-corrected chi connectivity index (χ4v) is 10.0. The highest BCUT2D eigenvalue weighted by molar-refractivity contribution is 6.34. The average molecular weight is 964 g/mol. The van der Waals surface area contributed by atoms with Crippen LogP contribution >= 0.6 is 11.6 Å². The first-order chi connectivity index (χ1) is 32.5. The smallest absolute Gasteiger partial charge is 0.407 e. The Bertz CT molecular complexity index is 2500. The van der Waals surface area contributed by atoms with Crippen LogP contribution in [-0.4, -0.2) is 129 Å². The van der Waals surface area contributed by atoms with Gasteiger partial charge in [0.15, 0.2) is 11.3 Å². The first-order valence-electron chi connectivity index (χ1n) is 23.6. The number of piperidine rings is 2. The Morgan fingerprint density at radius 2 is 1.76 bits per heavy atom. The van der Waals surface area contributed by atoms with Gasteiger partial charge in [-0.05, 0) is 128 Å². The van der Waals surface area contributed by atoms with Crippen LogP contribution in [0.3, 0.4) is 0 Å². The van der Waals surface area contributed by atoms with Gasteiger partial charge in [0.05, 0.1) is 28.6 Å². The van der Waals surface area contributed by atoms with Crippen molar-refractivity contribution in [3.05, 3.63) is 64.7 Å². The van der Waals surface area contributed by atoms with E-state index in [1.165, 1.54) is 21.8 Å². The van der Waals surface area contributed by atoms with Crippen molar-refractivity contribution in [2.75, 3.05) is 68.0 Å². The van der Waals surface area contributed by atoms with Gasteiger partial charge in [0, 0.05) is 69.7 Å². The lowest BCUT2D eigenvalue weighted by Gasteiger charge is -2.34. The predicted octanol–water partition coefficient (Wildman–Crippen LogP) is 7.31. The standard InChI is InChI=1S/C47H61ClF2N12O6/c1-47(2,3)68-46(67)52-32-6-5-18-59(27-32)38-16-23-61-42(54-38)34(25-51-61)43(64)53-36-28-62(56-40(36)41(49)50)33-10-7-30(8-11-33)26-57(4)19-13-29-14-20-58(21-15-29)44(65)31-9-12-35(48)37(24-31)60-22-17-39(63)55-45(60)66/h9,12,16,23-25,28-30,32-33,41H,5-8,10-11,13-15,17-22,26-27H2,1-4H3,(H,52,67)(H,53,64)(H,55,63,66)/t30?,32-,33?/m0/s1. The molecule has 1 atom stereocenters. The second kappa shape index (κ2) is 20.8. The third kappa shape index (κ3) is 11.7. The maximum atomic E-state index is 14.4. The molecule has 4 fully saturated rings. The molecule has 8 rings (SSSR count). The summed E-state index contributed by atoms with van der Waals surface area (Å²) in [6.07, 6.45) is 9.10. The number of imide groups is 1. The third-order valence-corrected chi connectivity index (χ3v) is 13.7. The number of amides is 6. The number of benzene rings is 1. The molecule has 3 aliphatic heterocycles. The minimum absolute atomic E-state index is 0.0493. The Labute approximate surface area is 399 Å². The largest absolute Gasteiger partial charge is 0.444 e. The summed E-state index contributed by atoms with van der Waals surface area (Å²) < 4.78 is 37.3. The number of rotatable bonds is 13. The molecule has 4 aliphatic rings. The number of anilines is 3. The second-order valence-corrected chi connectivity index (χ2v) is 20.0. The number of fused-ring (bicyclic) bond motifs is 1. The normalized spacial score (nSPS) is 20.8. The fourth-order valence-electron chi connectivity index (χ4n) is 9.79. The van der Waals surface area contributed by atoms with Crippen molar-refractivity contribution in [3.8, 4) is 0 Å². The summed E-state index contributed by atoms with van der Waals surface area (Å²) in [4.78, 5) is 76.1. The highest BCUT2D eigenvalue weighted by Crippen LogP contribution is 2.36. The molecule has 3 saturated heterocycles. The Hall–Kier alpha value is -5.89. The van der Waals surface area contributed by atoms with Crippen LogP contribution < -0.4 is 25.8 Å². The van der Waals surface area contributed by atoms with Gasteiger partial charge in [0.25, 0.3) is 18.2 Å². The van der Waals surface area contributed by atoms with E-state index < -0.39 is 35.8 Å². The quantitative estimate of drug-likeness (QED) is 0.122. The van der Waals surface area contributed by atoms with Crippen molar-refractivity contribution in [3.63, 3.8) is 0 Å². The van der Waals surface area contributed by atoms with Gasteiger partial charge in [-0.25, -0.2) is 27.9 Å². The number of alkyl halides is 2. The third-order valence-electron chi connectivity index (χ3n) is 13.4. The number of urea groups is 1. The van der Waals surface area contributed by atoms with Crippen LogP contribution in [0.2, 0.25) is 5.02 Å². The molecule has 68 heavy (non-hydrogen) atoms. The molecule has 1 saturated carbocycles. The molecule has 1 aromatic carbocycles. The van der Waals surface area contributed by atoms with E-state index in [2.05, 4.69) is 38.1 Å². The molecule has 366 valence electrons. The molecule has 0 bridgehead atoms. The molecule has 1 aliphatic carbocycles. The highest BCUT2D eigenvalue weighted by Gasteiger charge is 2.32. The zero-order valence-corrected chi connectivity index (χ0v) is 39.8. The van der Waals surface area contributed by atoms with E-state index in [1.54, 1.807) is 35.1 Å². The predicted molar refractivity (Wildman–Crippen MR) is 251 cm³/mol. The van der Waals surface area contributed by atoms with Crippen molar-refractivity contribution in [2.24, 2.45) is 11.8 Å². The van der Waals surface area contributed by atoms with E-state index in [9.17, 15) is 32.8 Å². The molecule has 4 aromatic rings. The molecule has 21 heteroatoms. The average Bonchev–Trinajstić information content (AvgIpc) is 3.93. The van der Waals surface area contributed by atoms with Crippen LogP contribution in [-0.2, 0) is 9.53 Å². The van der Waals surface area contributed by atoms with Crippen LogP contribution in [0.4, 0.5) is 35.6 Å². The number of halogens is 3. The van der Waals surface area contributed by atoms with Crippen molar-refractivity contribution < 1.29 is 37.5 Å². The summed E-state index contributed by atoms with van der Waals surface area (Å²) in [5.74, 6) is 0.447. The molecule has 0 radical (unpaired) electrons. The summed E-state index contributed by atoms with van der Waals surface area (Å²) in [5, 5.41) is 16.8. The number of nitrogens with one attached hydrogen (secondary N) is 3. The molecular weight excluding hydrogens is 902 g/mol. The lowest BCUT2D eigenvalue weighted by molar-refractivity contribution is -0.120. The monoisotopic (exact) mass is 962 g/mol. The number of hydrogen-bond acceptors (Lipinski definition) is 11. The first-order valence-corrected chi connectivity index (χ1v) is 24.0. The lowest BCUT2D eigenvalue weighted by Crippen LogP contribution is -2.49. The van der Waals surface area contributed by atoms with Gasteiger partial charge in [0.2, 0.25) is 5.91 Å². The van der Waals surface area contributed by atoms with Crippen molar-refractivity contribution in [1.82, 2.24) is 44.8 Å². The van der Waals surface area contributed by atoms with E-state index in [0.717, 1.165) is 70.9 Å². The SMILES string of the molecule is CN(CCC1CCN(C(=O)c2ccc(Cl)c(N3CCC(=O)NC3=O)c2)CC1)CC1CCC(n2cc(NC(=O)c3cnn4ccc(N5CCC[C@H](NC(=O)OC(C)(C)C)C5)nc34)c(C(F)F)n2)CC1. The zero-order valence-electron chi connectivity index (χ0n) is 39.1. The minimum Gasteiger partial charge on any atom is -0.444 e. The van der Waals surface area contributed by atoms with Gasteiger partial charge in [-0.2, -0.15) is 10.2 Å². The Morgan fingerprint density at radius 3 is 2.49 bits per heavy atom. The van der Waals surface area contributed by atoms with Gasteiger partial charge < -0.3 is 30.1 Å². The lowest BCUT2D eigenvalue weighted by atomic mass is 9.85. The Kier molecular flexibility index (Phi) is 14.8. The number of carbonyl (C=O) groups is 5. The molecule has 6 heterocycles. The molecule has 18 nitrogen and oxygen atoms in total. The molecule has 6 amide bonds. The topological polar surface area (TPSA) is 192 Å². The van der Waals surface area contributed by atoms with E-state index in [0.29, 0.717) is 60.1 Å². The number of nitrogens with zero attached hydrogens (tertiary/aromatic N) is 9. The van der Waals surface area contributed by atoms with E-state index in [1.807, 2.05) is 30.6 Å². The van der Waals surface area contributed by atoms with Crippen LogP contribution in [0, 0.1) is 11.8 Å². The molecule has 3 N–H and O–H groups in total. The number of aromatic nitrogens is 5. The Morgan fingerprint density at radius 1 is 1.00 bits per heavy atom. The first kappa shape index (κ1) is 48.6. The van der Waals surface area contributed by atoms with E-state index >= 15 is 0 Å².